The summed E-state index contributed by atoms with van der Waals surface area (Å²) in [4.78, 5) is 18.7. The van der Waals surface area contributed by atoms with Gasteiger partial charge in [0, 0.05) is 25.8 Å². The fourth-order valence-corrected chi connectivity index (χ4v) is 2.84. The molecule has 1 aromatic rings. The normalized spacial score (nSPS) is 21.2. The summed E-state index contributed by atoms with van der Waals surface area (Å²) in [5.41, 5.74) is 0.129. The monoisotopic (exact) mass is 311 g/mol. The van der Waals surface area contributed by atoms with E-state index in [-0.39, 0.29) is 17.6 Å². The Balaban J connectivity index is 2.25. The molecule has 0 aliphatic carbocycles. The Bertz CT molecular complexity index is 534. The number of carbonyl (C=O) groups excluding carboxylic acids is 1. The van der Waals surface area contributed by atoms with E-state index in [9.17, 15) is 4.79 Å². The molecule has 1 N–H and O–H groups in total. The van der Waals surface area contributed by atoms with E-state index in [4.69, 9.17) is 16.3 Å². The molecular formula is C15H22ClN3O2. The average Bonchev–Trinajstić information content (AvgIpc) is 2.38. The summed E-state index contributed by atoms with van der Waals surface area (Å²) in [7, 11) is 0. The zero-order valence-corrected chi connectivity index (χ0v) is 13.7. The predicted octanol–water partition coefficient (Wildman–Crippen LogP) is 2.81. The Morgan fingerprint density at radius 1 is 1.62 bits per heavy atom. The van der Waals surface area contributed by atoms with Crippen LogP contribution in [0.3, 0.4) is 0 Å². The molecular weight excluding hydrogens is 290 g/mol. The number of amides is 1. The average molecular weight is 312 g/mol. The lowest BCUT2D eigenvalue weighted by molar-refractivity contribution is -0.118. The molecule has 0 aromatic carbocycles. The summed E-state index contributed by atoms with van der Waals surface area (Å²) < 4.78 is 5.83. The summed E-state index contributed by atoms with van der Waals surface area (Å²) >= 11 is 6.15. The number of rotatable bonds is 3. The Hall–Kier alpha value is -1.33. The van der Waals surface area contributed by atoms with Gasteiger partial charge in [0.1, 0.15) is 5.82 Å². The van der Waals surface area contributed by atoms with Crippen LogP contribution in [0.25, 0.3) is 0 Å². The molecule has 2 heterocycles. The molecule has 6 heteroatoms. The molecule has 1 atom stereocenters. The van der Waals surface area contributed by atoms with Crippen LogP contribution in [0.5, 0.6) is 0 Å². The minimum absolute atomic E-state index is 0.00606. The number of carbonyl (C=O) groups is 1. The second-order valence-electron chi connectivity index (χ2n) is 5.95. The zero-order chi connectivity index (χ0) is 15.6. The SMILES string of the molecule is CCNc1cc(C(=O)N2CC(C)OC(C)(C)C2)c(Cl)cn1. The van der Waals surface area contributed by atoms with Crippen LogP contribution in [0.1, 0.15) is 38.1 Å². The van der Waals surface area contributed by atoms with E-state index in [1.165, 1.54) is 6.20 Å². The Labute approximate surface area is 130 Å². The van der Waals surface area contributed by atoms with Crippen molar-refractivity contribution in [3.63, 3.8) is 0 Å². The molecule has 0 bridgehead atoms. The van der Waals surface area contributed by atoms with Gasteiger partial charge in [-0.1, -0.05) is 11.6 Å². The van der Waals surface area contributed by atoms with Crippen molar-refractivity contribution in [2.45, 2.75) is 39.4 Å². The predicted molar refractivity (Wildman–Crippen MR) is 83.9 cm³/mol. The van der Waals surface area contributed by atoms with Crippen molar-refractivity contribution in [2.24, 2.45) is 0 Å². The van der Waals surface area contributed by atoms with Crippen molar-refractivity contribution >= 4 is 23.3 Å². The highest BCUT2D eigenvalue weighted by molar-refractivity contribution is 6.33. The fourth-order valence-electron chi connectivity index (χ4n) is 2.66. The van der Waals surface area contributed by atoms with Crippen molar-refractivity contribution in [2.75, 3.05) is 25.0 Å². The molecule has 116 valence electrons. The second-order valence-corrected chi connectivity index (χ2v) is 6.36. The van der Waals surface area contributed by atoms with Crippen molar-refractivity contribution in [3.8, 4) is 0 Å². The van der Waals surface area contributed by atoms with E-state index < -0.39 is 0 Å². The first-order valence-corrected chi connectivity index (χ1v) is 7.56. The van der Waals surface area contributed by atoms with Gasteiger partial charge in [0.25, 0.3) is 5.91 Å². The number of nitrogens with zero attached hydrogens (tertiary/aromatic N) is 2. The van der Waals surface area contributed by atoms with Crippen LogP contribution in [0.2, 0.25) is 5.02 Å². The molecule has 5 nitrogen and oxygen atoms in total. The first kappa shape index (κ1) is 16.0. The molecule has 21 heavy (non-hydrogen) atoms. The first-order valence-electron chi connectivity index (χ1n) is 7.19. The molecule has 1 fully saturated rings. The lowest BCUT2D eigenvalue weighted by Crippen LogP contribution is -2.53. The third kappa shape index (κ3) is 3.86. The molecule has 0 radical (unpaired) electrons. The lowest BCUT2D eigenvalue weighted by Gasteiger charge is -2.41. The van der Waals surface area contributed by atoms with Crippen LogP contribution in [0.4, 0.5) is 5.82 Å². The van der Waals surface area contributed by atoms with E-state index >= 15 is 0 Å². The first-order chi connectivity index (χ1) is 9.82. The van der Waals surface area contributed by atoms with Gasteiger partial charge in [-0.05, 0) is 33.8 Å². The Kier molecular flexibility index (Phi) is 4.74. The van der Waals surface area contributed by atoms with Gasteiger partial charge in [-0.3, -0.25) is 4.79 Å². The molecule has 0 saturated carbocycles. The smallest absolute Gasteiger partial charge is 0.255 e. The number of aromatic nitrogens is 1. The maximum atomic E-state index is 12.7. The van der Waals surface area contributed by atoms with Gasteiger partial charge in [0.15, 0.2) is 0 Å². The highest BCUT2D eigenvalue weighted by Crippen LogP contribution is 2.25. The van der Waals surface area contributed by atoms with Gasteiger partial charge in [0.05, 0.1) is 22.3 Å². The van der Waals surface area contributed by atoms with Gasteiger partial charge in [-0.25, -0.2) is 4.98 Å². The van der Waals surface area contributed by atoms with Crippen LogP contribution < -0.4 is 5.32 Å². The molecule has 1 aliphatic rings. The van der Waals surface area contributed by atoms with Gasteiger partial charge < -0.3 is 15.0 Å². The number of hydrogen-bond donors (Lipinski definition) is 1. The second kappa shape index (κ2) is 6.20. The van der Waals surface area contributed by atoms with Gasteiger partial charge in [-0.15, -0.1) is 0 Å². The summed E-state index contributed by atoms with van der Waals surface area (Å²) in [6.07, 6.45) is 1.52. The van der Waals surface area contributed by atoms with Gasteiger partial charge in [-0.2, -0.15) is 0 Å². The van der Waals surface area contributed by atoms with E-state index in [0.717, 1.165) is 6.54 Å². The summed E-state index contributed by atoms with van der Waals surface area (Å²) in [6, 6.07) is 1.71. The molecule has 2 rings (SSSR count). The van der Waals surface area contributed by atoms with Gasteiger partial charge >= 0.3 is 0 Å². The van der Waals surface area contributed by atoms with Crippen LogP contribution in [0, 0.1) is 0 Å². The standard InChI is InChI=1S/C15H22ClN3O2/c1-5-17-13-6-11(12(16)7-18-13)14(20)19-8-10(2)21-15(3,4)9-19/h6-7,10H,5,8-9H2,1-4H3,(H,17,18). The molecule has 1 amide bonds. The van der Waals surface area contributed by atoms with Crippen molar-refractivity contribution in [1.82, 2.24) is 9.88 Å². The number of anilines is 1. The van der Waals surface area contributed by atoms with Crippen LogP contribution in [-0.2, 0) is 4.74 Å². The minimum Gasteiger partial charge on any atom is -0.370 e. The Morgan fingerprint density at radius 3 is 2.95 bits per heavy atom. The maximum absolute atomic E-state index is 12.7. The van der Waals surface area contributed by atoms with Crippen LogP contribution in [0.15, 0.2) is 12.3 Å². The van der Waals surface area contributed by atoms with Crippen LogP contribution in [-0.4, -0.2) is 47.1 Å². The van der Waals surface area contributed by atoms with Gasteiger partial charge in [0.2, 0.25) is 0 Å². The Morgan fingerprint density at radius 2 is 2.33 bits per heavy atom. The molecule has 0 spiro atoms. The topological polar surface area (TPSA) is 54.5 Å². The zero-order valence-electron chi connectivity index (χ0n) is 12.9. The lowest BCUT2D eigenvalue weighted by atomic mass is 10.0. The molecule has 1 aromatic heterocycles. The van der Waals surface area contributed by atoms with E-state index in [0.29, 0.717) is 29.5 Å². The largest absolute Gasteiger partial charge is 0.370 e. The number of nitrogens with one attached hydrogen (secondary N) is 1. The maximum Gasteiger partial charge on any atom is 0.255 e. The summed E-state index contributed by atoms with van der Waals surface area (Å²) in [5, 5.41) is 3.47. The number of pyridine rings is 1. The minimum atomic E-state index is -0.350. The molecule has 1 unspecified atom stereocenters. The fraction of sp³-hybridized carbons (Fsp3) is 0.600. The number of ether oxygens (including phenoxy) is 1. The third-order valence-corrected chi connectivity index (χ3v) is 3.60. The summed E-state index contributed by atoms with van der Waals surface area (Å²) in [6.45, 7) is 9.78. The van der Waals surface area contributed by atoms with Crippen LogP contribution >= 0.6 is 11.6 Å². The molecule has 1 aliphatic heterocycles. The number of halogens is 1. The highest BCUT2D eigenvalue weighted by Gasteiger charge is 2.34. The number of hydrogen-bond acceptors (Lipinski definition) is 4. The highest BCUT2D eigenvalue weighted by atomic mass is 35.5. The summed E-state index contributed by atoms with van der Waals surface area (Å²) in [5.74, 6) is 0.579. The van der Waals surface area contributed by atoms with E-state index in [1.807, 2.05) is 27.7 Å². The third-order valence-electron chi connectivity index (χ3n) is 3.30. The van der Waals surface area contributed by atoms with E-state index in [1.54, 1.807) is 11.0 Å². The van der Waals surface area contributed by atoms with Crippen molar-refractivity contribution in [3.05, 3.63) is 22.8 Å². The molecule has 1 saturated heterocycles. The van der Waals surface area contributed by atoms with Crippen molar-refractivity contribution < 1.29 is 9.53 Å². The number of morpholine rings is 1. The van der Waals surface area contributed by atoms with E-state index in [2.05, 4.69) is 10.3 Å². The quantitative estimate of drug-likeness (QED) is 0.932. The van der Waals surface area contributed by atoms with Crippen molar-refractivity contribution in [1.29, 1.82) is 0 Å².